The third-order valence-corrected chi connectivity index (χ3v) is 1.52. The molecule has 0 aromatic carbocycles. The number of aromatic nitrogens is 1. The fourth-order valence-electron chi connectivity index (χ4n) is 0.827. The van der Waals surface area contributed by atoms with Crippen LogP contribution in [-0.2, 0) is 0 Å². The first kappa shape index (κ1) is 8.10. The second-order valence-electron chi connectivity index (χ2n) is 2.29. The lowest BCUT2D eigenvalue weighted by Gasteiger charge is -2.09. The second-order valence-corrected chi connectivity index (χ2v) is 2.29. The van der Waals surface area contributed by atoms with Crippen LogP contribution in [0.1, 0.15) is 18.5 Å². The summed E-state index contributed by atoms with van der Waals surface area (Å²) in [6.45, 7) is 1.78. The van der Waals surface area contributed by atoms with Crippen molar-refractivity contribution in [2.45, 2.75) is 13.0 Å². The van der Waals surface area contributed by atoms with Crippen molar-refractivity contribution < 1.29 is 4.39 Å². The van der Waals surface area contributed by atoms with E-state index in [2.05, 4.69) is 10.4 Å². The number of rotatable bonds is 2. The monoisotopic (exact) mass is 155 g/mol. The Hall–Kier alpha value is -1.00. The van der Waals surface area contributed by atoms with Crippen LogP contribution in [0.5, 0.6) is 0 Å². The fourth-order valence-corrected chi connectivity index (χ4v) is 0.827. The Morgan fingerprint density at radius 3 is 3.00 bits per heavy atom. The molecule has 0 saturated heterocycles. The topological polar surface area (TPSA) is 50.9 Å². The van der Waals surface area contributed by atoms with Gasteiger partial charge in [-0.1, -0.05) is 0 Å². The van der Waals surface area contributed by atoms with E-state index in [0.717, 1.165) is 0 Å². The van der Waals surface area contributed by atoms with Crippen LogP contribution >= 0.6 is 0 Å². The predicted octanol–water partition coefficient (Wildman–Crippen LogP) is 0.745. The van der Waals surface area contributed by atoms with Gasteiger partial charge in [-0.2, -0.15) is 0 Å². The zero-order valence-corrected chi connectivity index (χ0v) is 6.21. The summed E-state index contributed by atoms with van der Waals surface area (Å²) >= 11 is 0. The summed E-state index contributed by atoms with van der Waals surface area (Å²) in [4.78, 5) is 3.62. The number of halogens is 1. The Morgan fingerprint density at radius 2 is 2.45 bits per heavy atom. The van der Waals surface area contributed by atoms with Crippen LogP contribution in [0.15, 0.2) is 18.5 Å². The van der Waals surface area contributed by atoms with E-state index in [-0.39, 0.29) is 11.9 Å². The average molecular weight is 155 g/mol. The van der Waals surface area contributed by atoms with Crippen LogP contribution in [0.2, 0.25) is 0 Å². The molecule has 0 saturated carbocycles. The van der Waals surface area contributed by atoms with Gasteiger partial charge < -0.3 is 0 Å². The lowest BCUT2D eigenvalue weighted by molar-refractivity contribution is 0.538. The first-order valence-corrected chi connectivity index (χ1v) is 3.31. The van der Waals surface area contributed by atoms with E-state index in [1.54, 1.807) is 13.0 Å². The number of nitrogens with one attached hydrogen (secondary N) is 1. The first-order chi connectivity index (χ1) is 5.25. The molecule has 0 amide bonds. The molecule has 3 nitrogen and oxygen atoms in total. The number of nitrogens with zero attached hydrogens (tertiary/aromatic N) is 1. The van der Waals surface area contributed by atoms with Gasteiger partial charge in [0, 0.05) is 17.8 Å². The van der Waals surface area contributed by atoms with Gasteiger partial charge in [-0.15, -0.1) is 0 Å². The maximum Gasteiger partial charge on any atom is 0.146 e. The molecule has 0 radical (unpaired) electrons. The van der Waals surface area contributed by atoms with Gasteiger partial charge >= 0.3 is 0 Å². The predicted molar refractivity (Wildman–Crippen MR) is 39.9 cm³/mol. The molecule has 60 valence electrons. The molecule has 4 heteroatoms. The highest BCUT2D eigenvalue weighted by Crippen LogP contribution is 2.13. The Balaban J connectivity index is 2.93. The first-order valence-electron chi connectivity index (χ1n) is 3.31. The molecule has 11 heavy (non-hydrogen) atoms. The third-order valence-electron chi connectivity index (χ3n) is 1.52. The van der Waals surface area contributed by atoms with E-state index in [4.69, 9.17) is 5.84 Å². The molecular formula is C7H10FN3. The minimum absolute atomic E-state index is 0.182. The molecule has 1 rings (SSSR count). The summed E-state index contributed by atoms with van der Waals surface area (Å²) in [6.07, 6.45) is 2.70. The normalized spacial score (nSPS) is 13.0. The van der Waals surface area contributed by atoms with Crippen molar-refractivity contribution in [1.82, 2.24) is 10.4 Å². The molecule has 1 unspecified atom stereocenters. The minimum atomic E-state index is -0.335. The quantitative estimate of drug-likeness (QED) is 0.489. The van der Waals surface area contributed by atoms with Crippen molar-refractivity contribution >= 4 is 0 Å². The summed E-state index contributed by atoms with van der Waals surface area (Å²) in [7, 11) is 0. The molecule has 0 aliphatic heterocycles. The van der Waals surface area contributed by atoms with Crippen LogP contribution in [0.4, 0.5) is 4.39 Å². The van der Waals surface area contributed by atoms with Crippen LogP contribution < -0.4 is 11.3 Å². The lowest BCUT2D eigenvalue weighted by Crippen LogP contribution is -2.26. The van der Waals surface area contributed by atoms with Crippen LogP contribution in [-0.4, -0.2) is 4.98 Å². The molecule has 0 aliphatic carbocycles. The van der Waals surface area contributed by atoms with Gasteiger partial charge in [0.05, 0.1) is 6.20 Å². The highest BCUT2D eigenvalue weighted by molar-refractivity contribution is 5.15. The van der Waals surface area contributed by atoms with Crippen molar-refractivity contribution in [2.75, 3.05) is 0 Å². The average Bonchev–Trinajstić information content (AvgIpc) is 2.04. The Bertz CT molecular complexity index is 239. The molecule has 3 N–H and O–H groups in total. The molecule has 1 heterocycles. The molecule has 1 aromatic rings. The number of hydrogen-bond donors (Lipinski definition) is 2. The Kier molecular flexibility index (Phi) is 2.51. The van der Waals surface area contributed by atoms with Crippen LogP contribution in [0.3, 0.4) is 0 Å². The lowest BCUT2D eigenvalue weighted by atomic mass is 10.1. The second kappa shape index (κ2) is 3.41. The number of hydrazine groups is 1. The number of hydrogen-bond acceptors (Lipinski definition) is 3. The van der Waals surface area contributed by atoms with Gasteiger partial charge in [-0.05, 0) is 13.0 Å². The van der Waals surface area contributed by atoms with Crippen molar-refractivity contribution in [3.8, 4) is 0 Å². The molecule has 0 bridgehead atoms. The van der Waals surface area contributed by atoms with Crippen molar-refractivity contribution in [1.29, 1.82) is 0 Å². The fraction of sp³-hybridized carbons (Fsp3) is 0.286. The SMILES string of the molecule is CC(NN)c1ccncc1F. The zero-order chi connectivity index (χ0) is 8.27. The van der Waals surface area contributed by atoms with Crippen molar-refractivity contribution in [3.05, 3.63) is 29.8 Å². The summed E-state index contributed by atoms with van der Waals surface area (Å²) in [5.41, 5.74) is 2.98. The largest absolute Gasteiger partial charge is 0.271 e. The highest BCUT2D eigenvalue weighted by Gasteiger charge is 2.07. The van der Waals surface area contributed by atoms with Crippen molar-refractivity contribution in [2.24, 2.45) is 5.84 Å². The Labute approximate surface area is 64.4 Å². The molecule has 0 aliphatic rings. The third kappa shape index (κ3) is 1.72. The van der Waals surface area contributed by atoms with E-state index in [1.807, 2.05) is 0 Å². The van der Waals surface area contributed by atoms with E-state index in [0.29, 0.717) is 5.56 Å². The smallest absolute Gasteiger partial charge is 0.146 e. The van der Waals surface area contributed by atoms with Gasteiger partial charge in [0.1, 0.15) is 5.82 Å². The molecular weight excluding hydrogens is 145 g/mol. The van der Waals surface area contributed by atoms with Gasteiger partial charge in [0.25, 0.3) is 0 Å². The Morgan fingerprint density at radius 1 is 1.73 bits per heavy atom. The summed E-state index contributed by atoms with van der Waals surface area (Å²) < 4.78 is 12.9. The summed E-state index contributed by atoms with van der Waals surface area (Å²) in [5.74, 6) is 4.80. The van der Waals surface area contributed by atoms with E-state index in [9.17, 15) is 4.39 Å². The van der Waals surface area contributed by atoms with E-state index >= 15 is 0 Å². The van der Waals surface area contributed by atoms with E-state index < -0.39 is 0 Å². The molecule has 1 aromatic heterocycles. The number of pyridine rings is 1. The van der Waals surface area contributed by atoms with Gasteiger partial charge in [-0.25, -0.2) is 4.39 Å². The van der Waals surface area contributed by atoms with Crippen LogP contribution in [0, 0.1) is 5.82 Å². The van der Waals surface area contributed by atoms with Crippen molar-refractivity contribution in [3.63, 3.8) is 0 Å². The van der Waals surface area contributed by atoms with Gasteiger partial charge in [-0.3, -0.25) is 16.3 Å². The molecule has 0 fully saturated rings. The highest BCUT2D eigenvalue weighted by atomic mass is 19.1. The molecule has 0 spiro atoms. The molecule has 1 atom stereocenters. The van der Waals surface area contributed by atoms with Crippen LogP contribution in [0.25, 0.3) is 0 Å². The maximum atomic E-state index is 12.9. The van der Waals surface area contributed by atoms with Gasteiger partial charge in [0.2, 0.25) is 0 Å². The maximum absolute atomic E-state index is 12.9. The minimum Gasteiger partial charge on any atom is -0.271 e. The van der Waals surface area contributed by atoms with E-state index in [1.165, 1.54) is 12.4 Å². The summed E-state index contributed by atoms with van der Waals surface area (Å²) in [5, 5.41) is 0. The number of nitrogens with two attached hydrogens (primary N) is 1. The standard InChI is InChI=1S/C7H10FN3/c1-5(11-9)6-2-3-10-4-7(6)8/h2-5,11H,9H2,1H3. The van der Waals surface area contributed by atoms with Gasteiger partial charge in [0.15, 0.2) is 0 Å². The zero-order valence-electron chi connectivity index (χ0n) is 6.21. The summed E-state index contributed by atoms with van der Waals surface area (Å²) in [6, 6.07) is 1.41.